The predicted octanol–water partition coefficient (Wildman–Crippen LogP) is 1.96. The minimum absolute atomic E-state index is 0.517. The first-order chi connectivity index (χ1) is 11.2. The van der Waals surface area contributed by atoms with Gasteiger partial charge in [-0.1, -0.05) is 0 Å². The molecular formula is C16H21F2N5. The standard InChI is InChI=1S/C16H21F2N5/c1-19-16(20-5-2-8-23-9-3-6-22-23)21-7-4-13-10-14(17)12-15(18)11-13/h3,6,9-12H,2,4-5,7-8H2,1H3,(H2,19,20,21). The number of aliphatic imine (C=N–C) groups is 1. The summed E-state index contributed by atoms with van der Waals surface area (Å²) in [4.78, 5) is 4.11. The summed E-state index contributed by atoms with van der Waals surface area (Å²) >= 11 is 0. The van der Waals surface area contributed by atoms with Crippen LogP contribution in [-0.4, -0.2) is 35.9 Å². The normalized spacial score (nSPS) is 11.5. The minimum atomic E-state index is -0.555. The molecule has 0 aliphatic rings. The lowest BCUT2D eigenvalue weighted by molar-refractivity contribution is 0.570. The fourth-order valence-electron chi connectivity index (χ4n) is 2.18. The van der Waals surface area contributed by atoms with Crippen molar-refractivity contribution in [3.05, 3.63) is 53.9 Å². The third-order valence-electron chi connectivity index (χ3n) is 3.27. The van der Waals surface area contributed by atoms with Crippen molar-refractivity contribution < 1.29 is 8.78 Å². The molecule has 0 radical (unpaired) electrons. The molecule has 0 aliphatic heterocycles. The Morgan fingerprint density at radius 1 is 1.17 bits per heavy atom. The van der Waals surface area contributed by atoms with E-state index < -0.39 is 11.6 Å². The third-order valence-corrected chi connectivity index (χ3v) is 3.27. The zero-order chi connectivity index (χ0) is 16.5. The van der Waals surface area contributed by atoms with Gasteiger partial charge in [0, 0.05) is 45.1 Å². The highest BCUT2D eigenvalue weighted by atomic mass is 19.1. The van der Waals surface area contributed by atoms with Gasteiger partial charge in [-0.25, -0.2) is 8.78 Å². The van der Waals surface area contributed by atoms with Gasteiger partial charge in [0.05, 0.1) is 0 Å². The summed E-state index contributed by atoms with van der Waals surface area (Å²) in [7, 11) is 1.69. The Labute approximate surface area is 134 Å². The molecular weight excluding hydrogens is 300 g/mol. The Hall–Kier alpha value is -2.44. The molecule has 2 N–H and O–H groups in total. The summed E-state index contributed by atoms with van der Waals surface area (Å²) in [6.07, 6.45) is 5.11. The molecule has 0 aliphatic carbocycles. The fraction of sp³-hybridized carbons (Fsp3) is 0.375. The van der Waals surface area contributed by atoms with Crippen molar-refractivity contribution in [2.75, 3.05) is 20.1 Å². The van der Waals surface area contributed by atoms with Crippen LogP contribution < -0.4 is 10.6 Å². The maximum atomic E-state index is 13.1. The Balaban J connectivity index is 1.66. The molecule has 0 unspecified atom stereocenters. The first kappa shape index (κ1) is 16.9. The van der Waals surface area contributed by atoms with Gasteiger partial charge in [0.25, 0.3) is 0 Å². The van der Waals surface area contributed by atoms with Crippen LogP contribution in [0.2, 0.25) is 0 Å². The Morgan fingerprint density at radius 2 is 1.91 bits per heavy atom. The number of aromatic nitrogens is 2. The number of rotatable bonds is 7. The van der Waals surface area contributed by atoms with Crippen LogP contribution in [-0.2, 0) is 13.0 Å². The van der Waals surface area contributed by atoms with Crippen molar-refractivity contribution in [1.82, 2.24) is 20.4 Å². The molecule has 0 spiro atoms. The van der Waals surface area contributed by atoms with Crippen molar-refractivity contribution in [3.8, 4) is 0 Å². The van der Waals surface area contributed by atoms with E-state index in [-0.39, 0.29) is 0 Å². The average Bonchev–Trinajstić information content (AvgIpc) is 3.02. The highest BCUT2D eigenvalue weighted by molar-refractivity contribution is 5.79. The highest BCUT2D eigenvalue weighted by Crippen LogP contribution is 2.07. The lowest BCUT2D eigenvalue weighted by atomic mass is 10.1. The number of benzene rings is 1. The van der Waals surface area contributed by atoms with Gasteiger partial charge in [0.1, 0.15) is 11.6 Å². The summed E-state index contributed by atoms with van der Waals surface area (Å²) in [6, 6.07) is 5.44. The number of hydrogen-bond donors (Lipinski definition) is 2. The fourth-order valence-corrected chi connectivity index (χ4v) is 2.18. The molecule has 1 aromatic heterocycles. The topological polar surface area (TPSA) is 54.2 Å². The Bertz CT molecular complexity index is 605. The summed E-state index contributed by atoms with van der Waals surface area (Å²) in [5.74, 6) is -0.440. The summed E-state index contributed by atoms with van der Waals surface area (Å²) in [5, 5.41) is 10.4. The second kappa shape index (κ2) is 8.87. The predicted molar refractivity (Wildman–Crippen MR) is 86.3 cm³/mol. The summed E-state index contributed by atoms with van der Waals surface area (Å²) in [5.41, 5.74) is 0.615. The van der Waals surface area contributed by atoms with Gasteiger partial charge in [-0.2, -0.15) is 5.10 Å². The lowest BCUT2D eigenvalue weighted by Gasteiger charge is -2.12. The van der Waals surface area contributed by atoms with Gasteiger partial charge in [0.15, 0.2) is 5.96 Å². The molecule has 0 amide bonds. The molecule has 0 saturated carbocycles. The van der Waals surface area contributed by atoms with Crippen molar-refractivity contribution in [2.45, 2.75) is 19.4 Å². The largest absolute Gasteiger partial charge is 0.356 e. The molecule has 0 saturated heterocycles. The van der Waals surface area contributed by atoms with Crippen molar-refractivity contribution in [2.24, 2.45) is 4.99 Å². The molecule has 0 bridgehead atoms. The third kappa shape index (κ3) is 6.06. The molecule has 1 aromatic carbocycles. The quantitative estimate of drug-likeness (QED) is 0.466. The van der Waals surface area contributed by atoms with Crippen molar-refractivity contribution >= 4 is 5.96 Å². The van der Waals surface area contributed by atoms with E-state index in [1.54, 1.807) is 13.2 Å². The van der Waals surface area contributed by atoms with Crippen LogP contribution in [0.4, 0.5) is 8.78 Å². The average molecular weight is 321 g/mol. The zero-order valence-electron chi connectivity index (χ0n) is 13.1. The number of nitrogens with one attached hydrogen (secondary N) is 2. The smallest absolute Gasteiger partial charge is 0.190 e. The van der Waals surface area contributed by atoms with Crippen molar-refractivity contribution in [3.63, 3.8) is 0 Å². The van der Waals surface area contributed by atoms with E-state index in [1.807, 2.05) is 16.9 Å². The van der Waals surface area contributed by atoms with Crippen molar-refractivity contribution in [1.29, 1.82) is 0 Å². The first-order valence-corrected chi connectivity index (χ1v) is 7.54. The monoisotopic (exact) mass is 321 g/mol. The van der Waals surface area contributed by atoms with E-state index in [1.165, 1.54) is 12.1 Å². The van der Waals surface area contributed by atoms with Crippen LogP contribution in [0.25, 0.3) is 0 Å². The van der Waals surface area contributed by atoms with Gasteiger partial charge in [-0.05, 0) is 36.6 Å². The molecule has 2 aromatic rings. The molecule has 23 heavy (non-hydrogen) atoms. The van der Waals surface area contributed by atoms with Crippen LogP contribution in [0.3, 0.4) is 0 Å². The molecule has 1 heterocycles. The molecule has 2 rings (SSSR count). The number of halogens is 2. The van der Waals surface area contributed by atoms with Gasteiger partial charge >= 0.3 is 0 Å². The van der Waals surface area contributed by atoms with Crippen LogP contribution >= 0.6 is 0 Å². The Kier molecular flexibility index (Phi) is 6.53. The van der Waals surface area contributed by atoms with Crippen LogP contribution in [0.1, 0.15) is 12.0 Å². The van der Waals surface area contributed by atoms with Gasteiger partial charge in [0.2, 0.25) is 0 Å². The number of guanidine groups is 1. The van der Waals surface area contributed by atoms with Gasteiger partial charge in [-0.3, -0.25) is 9.67 Å². The first-order valence-electron chi connectivity index (χ1n) is 7.54. The zero-order valence-corrected chi connectivity index (χ0v) is 13.1. The van der Waals surface area contributed by atoms with E-state index in [9.17, 15) is 8.78 Å². The number of nitrogens with zero attached hydrogens (tertiary/aromatic N) is 3. The van der Waals surface area contributed by atoms with E-state index in [2.05, 4.69) is 20.7 Å². The second-order valence-electron chi connectivity index (χ2n) is 5.08. The number of hydrogen-bond acceptors (Lipinski definition) is 2. The van der Waals surface area contributed by atoms with E-state index >= 15 is 0 Å². The molecule has 5 nitrogen and oxygen atoms in total. The van der Waals surface area contributed by atoms with Gasteiger partial charge < -0.3 is 10.6 Å². The van der Waals surface area contributed by atoms with Crippen LogP contribution in [0.15, 0.2) is 41.7 Å². The molecule has 124 valence electrons. The summed E-state index contributed by atoms with van der Waals surface area (Å²) < 4.78 is 28.1. The van der Waals surface area contributed by atoms with E-state index in [0.29, 0.717) is 24.5 Å². The lowest BCUT2D eigenvalue weighted by Crippen LogP contribution is -2.39. The number of aryl methyl sites for hydroxylation is 1. The SMILES string of the molecule is CN=C(NCCCn1cccn1)NCCc1cc(F)cc(F)c1. The maximum Gasteiger partial charge on any atom is 0.190 e. The summed E-state index contributed by atoms with van der Waals surface area (Å²) in [6.45, 7) is 2.13. The van der Waals surface area contributed by atoms with Crippen LogP contribution in [0, 0.1) is 11.6 Å². The highest BCUT2D eigenvalue weighted by Gasteiger charge is 2.02. The van der Waals surface area contributed by atoms with E-state index in [0.717, 1.165) is 25.6 Å². The Morgan fingerprint density at radius 3 is 2.57 bits per heavy atom. The maximum absolute atomic E-state index is 13.1. The van der Waals surface area contributed by atoms with E-state index in [4.69, 9.17) is 0 Å². The second-order valence-corrected chi connectivity index (χ2v) is 5.08. The minimum Gasteiger partial charge on any atom is -0.356 e. The molecule has 0 fully saturated rings. The molecule has 7 heteroatoms. The molecule has 0 atom stereocenters. The van der Waals surface area contributed by atoms with Crippen LogP contribution in [0.5, 0.6) is 0 Å². The van der Waals surface area contributed by atoms with Gasteiger partial charge in [-0.15, -0.1) is 0 Å².